The number of fused-ring (bicyclic) bond motifs is 1. The molecule has 4 heteroatoms. The Balaban J connectivity index is 1.94. The summed E-state index contributed by atoms with van der Waals surface area (Å²) >= 11 is 0. The quantitative estimate of drug-likeness (QED) is 0.804. The molecule has 0 spiro atoms. The van der Waals surface area contributed by atoms with Gasteiger partial charge in [0, 0.05) is 17.8 Å². The summed E-state index contributed by atoms with van der Waals surface area (Å²) in [6.07, 6.45) is 1.60. The van der Waals surface area contributed by atoms with Crippen molar-refractivity contribution in [2.24, 2.45) is 0 Å². The van der Waals surface area contributed by atoms with E-state index in [9.17, 15) is 9.18 Å². The molecular formula is C17H13FN2O. The van der Waals surface area contributed by atoms with Crippen LogP contribution in [0.5, 0.6) is 0 Å². The first-order chi connectivity index (χ1) is 10.2. The summed E-state index contributed by atoms with van der Waals surface area (Å²) in [4.78, 5) is 14.3. The van der Waals surface area contributed by atoms with Crippen molar-refractivity contribution in [2.75, 3.05) is 11.4 Å². The van der Waals surface area contributed by atoms with Gasteiger partial charge in [0.05, 0.1) is 11.6 Å². The maximum absolute atomic E-state index is 13.3. The third-order valence-electron chi connectivity index (χ3n) is 3.67. The van der Waals surface area contributed by atoms with E-state index in [0.29, 0.717) is 17.7 Å². The molecule has 3 nitrogen and oxygen atoms in total. The summed E-state index contributed by atoms with van der Waals surface area (Å²) in [5.74, 6) is -0.395. The Labute approximate surface area is 122 Å². The molecule has 2 aromatic rings. The summed E-state index contributed by atoms with van der Waals surface area (Å²) in [6.45, 7) is 0.622. The molecule has 0 atom stereocenters. The number of carbonyl (C=O) groups is 1. The predicted molar refractivity (Wildman–Crippen MR) is 77.6 cm³/mol. The average Bonchev–Trinajstić information content (AvgIpc) is 2.53. The van der Waals surface area contributed by atoms with Crippen LogP contribution in [-0.4, -0.2) is 12.5 Å². The van der Waals surface area contributed by atoms with Gasteiger partial charge in [-0.2, -0.15) is 5.26 Å². The molecule has 21 heavy (non-hydrogen) atoms. The molecule has 0 fully saturated rings. The number of rotatable bonds is 1. The molecule has 1 aliphatic rings. The predicted octanol–water partition coefficient (Wildman–Crippen LogP) is 3.29. The zero-order chi connectivity index (χ0) is 14.8. The van der Waals surface area contributed by atoms with Crippen LogP contribution in [0.2, 0.25) is 0 Å². The molecule has 0 saturated carbocycles. The molecule has 0 saturated heterocycles. The highest BCUT2D eigenvalue weighted by Crippen LogP contribution is 2.29. The van der Waals surface area contributed by atoms with Gasteiger partial charge in [-0.3, -0.25) is 4.79 Å². The SMILES string of the molecule is N#Cc1ccc(C(=O)N2CCCc3cc(F)ccc32)cc1. The molecule has 1 heterocycles. The van der Waals surface area contributed by atoms with Crippen molar-refractivity contribution < 1.29 is 9.18 Å². The van der Waals surface area contributed by atoms with Gasteiger partial charge in [-0.1, -0.05) is 0 Å². The van der Waals surface area contributed by atoms with Crippen LogP contribution >= 0.6 is 0 Å². The van der Waals surface area contributed by atoms with E-state index in [1.807, 2.05) is 6.07 Å². The van der Waals surface area contributed by atoms with Crippen molar-refractivity contribution in [2.45, 2.75) is 12.8 Å². The fraction of sp³-hybridized carbons (Fsp3) is 0.176. The molecule has 104 valence electrons. The summed E-state index contributed by atoms with van der Waals surface area (Å²) in [5, 5.41) is 8.79. The molecule has 1 amide bonds. The monoisotopic (exact) mass is 280 g/mol. The Hall–Kier alpha value is -2.67. The highest BCUT2D eigenvalue weighted by atomic mass is 19.1. The number of nitriles is 1. The summed E-state index contributed by atoms with van der Waals surface area (Å²) in [7, 11) is 0. The van der Waals surface area contributed by atoms with E-state index in [1.54, 1.807) is 35.2 Å². The Morgan fingerprint density at radius 3 is 2.67 bits per heavy atom. The van der Waals surface area contributed by atoms with Gasteiger partial charge < -0.3 is 4.90 Å². The van der Waals surface area contributed by atoms with Gasteiger partial charge in [-0.15, -0.1) is 0 Å². The van der Waals surface area contributed by atoms with E-state index in [1.165, 1.54) is 12.1 Å². The highest BCUT2D eigenvalue weighted by molar-refractivity contribution is 6.06. The van der Waals surface area contributed by atoms with Gasteiger partial charge >= 0.3 is 0 Å². The molecule has 0 bridgehead atoms. The maximum atomic E-state index is 13.3. The van der Waals surface area contributed by atoms with Gasteiger partial charge in [0.15, 0.2) is 0 Å². The van der Waals surface area contributed by atoms with E-state index in [-0.39, 0.29) is 11.7 Å². The molecular weight excluding hydrogens is 267 g/mol. The lowest BCUT2D eigenvalue weighted by Crippen LogP contribution is -2.35. The van der Waals surface area contributed by atoms with Crippen LogP contribution in [0.4, 0.5) is 10.1 Å². The first kappa shape index (κ1) is 13.3. The van der Waals surface area contributed by atoms with Gasteiger partial charge in [0.2, 0.25) is 0 Å². The minimum atomic E-state index is -0.276. The molecule has 0 radical (unpaired) electrons. The van der Waals surface area contributed by atoms with Crippen LogP contribution in [0.15, 0.2) is 42.5 Å². The first-order valence-electron chi connectivity index (χ1n) is 6.79. The van der Waals surface area contributed by atoms with Crippen molar-refractivity contribution in [1.29, 1.82) is 5.26 Å². The molecule has 1 aliphatic heterocycles. The number of carbonyl (C=O) groups excluding carboxylic acids is 1. The minimum absolute atomic E-state index is 0.118. The van der Waals surface area contributed by atoms with Gasteiger partial charge in [-0.25, -0.2) is 4.39 Å². The van der Waals surface area contributed by atoms with Crippen LogP contribution in [-0.2, 0) is 6.42 Å². The van der Waals surface area contributed by atoms with Gasteiger partial charge in [-0.05, 0) is 60.9 Å². The molecule has 2 aromatic carbocycles. The van der Waals surface area contributed by atoms with Crippen molar-refractivity contribution in [1.82, 2.24) is 0 Å². The smallest absolute Gasteiger partial charge is 0.258 e. The third-order valence-corrected chi connectivity index (χ3v) is 3.67. The number of hydrogen-bond acceptors (Lipinski definition) is 2. The summed E-state index contributed by atoms with van der Waals surface area (Å²) in [6, 6.07) is 13.1. The summed E-state index contributed by atoms with van der Waals surface area (Å²) in [5.41, 5.74) is 2.69. The normalized spacial score (nSPS) is 13.4. The lowest BCUT2D eigenvalue weighted by molar-refractivity contribution is 0.0985. The zero-order valence-electron chi connectivity index (χ0n) is 11.3. The number of aryl methyl sites for hydroxylation is 1. The average molecular weight is 280 g/mol. The lowest BCUT2D eigenvalue weighted by atomic mass is 10.0. The third kappa shape index (κ3) is 2.50. The van der Waals surface area contributed by atoms with Crippen molar-refractivity contribution in [3.8, 4) is 6.07 Å². The number of anilines is 1. The van der Waals surface area contributed by atoms with E-state index in [4.69, 9.17) is 5.26 Å². The Morgan fingerprint density at radius 2 is 1.95 bits per heavy atom. The van der Waals surface area contributed by atoms with Gasteiger partial charge in [0.1, 0.15) is 5.82 Å². The van der Waals surface area contributed by atoms with E-state index < -0.39 is 0 Å². The molecule has 0 N–H and O–H groups in total. The van der Waals surface area contributed by atoms with Crippen LogP contribution in [0.1, 0.15) is 27.9 Å². The number of amides is 1. The Kier molecular flexibility index (Phi) is 3.41. The highest BCUT2D eigenvalue weighted by Gasteiger charge is 2.23. The van der Waals surface area contributed by atoms with Crippen molar-refractivity contribution in [3.63, 3.8) is 0 Å². The fourth-order valence-electron chi connectivity index (χ4n) is 2.62. The maximum Gasteiger partial charge on any atom is 0.258 e. The molecule has 0 unspecified atom stereocenters. The van der Waals surface area contributed by atoms with Gasteiger partial charge in [0.25, 0.3) is 5.91 Å². The zero-order valence-corrected chi connectivity index (χ0v) is 11.3. The van der Waals surface area contributed by atoms with Crippen LogP contribution < -0.4 is 4.90 Å². The van der Waals surface area contributed by atoms with E-state index in [0.717, 1.165) is 24.1 Å². The van der Waals surface area contributed by atoms with E-state index >= 15 is 0 Å². The van der Waals surface area contributed by atoms with Crippen LogP contribution in [0.3, 0.4) is 0 Å². The van der Waals surface area contributed by atoms with Crippen LogP contribution in [0, 0.1) is 17.1 Å². The van der Waals surface area contributed by atoms with Crippen molar-refractivity contribution in [3.05, 3.63) is 65.0 Å². The Bertz CT molecular complexity index is 731. The second-order valence-corrected chi connectivity index (χ2v) is 5.02. The number of benzene rings is 2. The second-order valence-electron chi connectivity index (χ2n) is 5.02. The Morgan fingerprint density at radius 1 is 1.19 bits per heavy atom. The van der Waals surface area contributed by atoms with Crippen molar-refractivity contribution >= 4 is 11.6 Å². The minimum Gasteiger partial charge on any atom is -0.308 e. The first-order valence-corrected chi connectivity index (χ1v) is 6.79. The standard InChI is InChI=1S/C17H13FN2O/c18-15-7-8-16-14(10-15)2-1-9-20(16)17(21)13-5-3-12(11-19)4-6-13/h3-8,10H,1-2,9H2. The molecule has 0 aliphatic carbocycles. The number of nitrogens with zero attached hydrogens (tertiary/aromatic N) is 2. The number of hydrogen-bond donors (Lipinski definition) is 0. The number of halogens is 1. The van der Waals surface area contributed by atoms with E-state index in [2.05, 4.69) is 0 Å². The topological polar surface area (TPSA) is 44.1 Å². The molecule has 3 rings (SSSR count). The summed E-state index contributed by atoms with van der Waals surface area (Å²) < 4.78 is 13.3. The fourth-order valence-corrected chi connectivity index (χ4v) is 2.62. The molecule has 0 aromatic heterocycles. The second kappa shape index (κ2) is 5.37. The lowest BCUT2D eigenvalue weighted by Gasteiger charge is -2.29. The largest absolute Gasteiger partial charge is 0.308 e. The van der Waals surface area contributed by atoms with Crippen LogP contribution in [0.25, 0.3) is 0 Å².